The molecule has 0 unspecified atom stereocenters. The molecular formula is C14H11IN2. The highest BCUT2D eigenvalue weighted by atomic mass is 127. The summed E-state index contributed by atoms with van der Waals surface area (Å²) in [6.45, 7) is 0.794. The lowest BCUT2D eigenvalue weighted by molar-refractivity contribution is 1.15. The molecule has 0 saturated heterocycles. The second-order valence-corrected chi connectivity index (χ2v) is 4.92. The highest BCUT2D eigenvalue weighted by molar-refractivity contribution is 14.1. The first-order valence-electron chi connectivity index (χ1n) is 5.26. The minimum Gasteiger partial charge on any atom is -0.381 e. The van der Waals surface area contributed by atoms with Crippen LogP contribution >= 0.6 is 22.6 Å². The van der Waals surface area contributed by atoms with Crippen molar-refractivity contribution < 1.29 is 0 Å². The number of anilines is 1. The molecule has 0 fully saturated rings. The summed E-state index contributed by atoms with van der Waals surface area (Å²) in [5.41, 5.74) is 2.97. The van der Waals surface area contributed by atoms with Crippen molar-refractivity contribution in [3.8, 4) is 6.07 Å². The van der Waals surface area contributed by atoms with Gasteiger partial charge in [0.25, 0.3) is 0 Å². The van der Waals surface area contributed by atoms with E-state index >= 15 is 0 Å². The summed E-state index contributed by atoms with van der Waals surface area (Å²) in [6, 6.07) is 18.0. The van der Waals surface area contributed by atoms with E-state index in [1.807, 2.05) is 24.3 Å². The van der Waals surface area contributed by atoms with Crippen LogP contribution in [-0.2, 0) is 6.54 Å². The predicted molar refractivity (Wildman–Crippen MR) is 77.6 cm³/mol. The molecular weight excluding hydrogens is 323 g/mol. The number of hydrogen-bond acceptors (Lipinski definition) is 2. The van der Waals surface area contributed by atoms with Gasteiger partial charge in [0.05, 0.1) is 11.6 Å². The molecule has 2 rings (SSSR count). The molecule has 0 bridgehead atoms. The Hall–Kier alpha value is -1.54. The van der Waals surface area contributed by atoms with Crippen molar-refractivity contribution in [1.29, 1.82) is 5.26 Å². The molecule has 0 aliphatic carbocycles. The Labute approximate surface area is 114 Å². The van der Waals surface area contributed by atoms with Gasteiger partial charge in [0.15, 0.2) is 0 Å². The van der Waals surface area contributed by atoms with Crippen LogP contribution in [0.15, 0.2) is 48.5 Å². The topological polar surface area (TPSA) is 35.8 Å². The number of nitriles is 1. The minimum absolute atomic E-state index is 0.685. The highest BCUT2D eigenvalue weighted by Crippen LogP contribution is 2.12. The van der Waals surface area contributed by atoms with Crippen molar-refractivity contribution in [2.75, 3.05) is 5.32 Å². The number of rotatable bonds is 3. The summed E-state index contributed by atoms with van der Waals surface area (Å²) in [4.78, 5) is 0. The van der Waals surface area contributed by atoms with E-state index in [0.29, 0.717) is 5.56 Å². The largest absolute Gasteiger partial charge is 0.381 e. The van der Waals surface area contributed by atoms with Crippen LogP contribution in [0, 0.1) is 14.9 Å². The second-order valence-electron chi connectivity index (χ2n) is 3.67. The summed E-state index contributed by atoms with van der Waals surface area (Å²) >= 11 is 2.31. The summed E-state index contributed by atoms with van der Waals surface area (Å²) in [7, 11) is 0. The molecule has 0 aromatic heterocycles. The molecule has 0 atom stereocenters. The Balaban J connectivity index is 2.00. The first-order valence-corrected chi connectivity index (χ1v) is 6.34. The normalized spacial score (nSPS) is 9.65. The van der Waals surface area contributed by atoms with Gasteiger partial charge in [-0.15, -0.1) is 0 Å². The minimum atomic E-state index is 0.685. The Bertz CT molecular complexity index is 541. The Morgan fingerprint density at radius 1 is 1.12 bits per heavy atom. The van der Waals surface area contributed by atoms with E-state index in [4.69, 9.17) is 5.26 Å². The van der Waals surface area contributed by atoms with Gasteiger partial charge in [-0.25, -0.2) is 0 Å². The van der Waals surface area contributed by atoms with Gasteiger partial charge in [-0.3, -0.25) is 0 Å². The van der Waals surface area contributed by atoms with Crippen molar-refractivity contribution in [1.82, 2.24) is 0 Å². The third-order valence-electron chi connectivity index (χ3n) is 2.40. The van der Waals surface area contributed by atoms with Crippen molar-refractivity contribution in [2.45, 2.75) is 6.54 Å². The van der Waals surface area contributed by atoms with Crippen LogP contribution in [0.25, 0.3) is 0 Å². The summed E-state index contributed by atoms with van der Waals surface area (Å²) in [5.74, 6) is 0. The maximum Gasteiger partial charge on any atom is 0.0991 e. The molecule has 84 valence electrons. The van der Waals surface area contributed by atoms with Crippen LogP contribution in [-0.4, -0.2) is 0 Å². The lowest BCUT2D eigenvalue weighted by atomic mass is 10.2. The van der Waals surface area contributed by atoms with Gasteiger partial charge in [-0.1, -0.05) is 12.1 Å². The maximum absolute atomic E-state index is 8.70. The van der Waals surface area contributed by atoms with Crippen LogP contribution in [0.5, 0.6) is 0 Å². The van der Waals surface area contributed by atoms with Crippen LogP contribution in [0.3, 0.4) is 0 Å². The second kappa shape index (κ2) is 5.69. The van der Waals surface area contributed by atoms with Gasteiger partial charge >= 0.3 is 0 Å². The van der Waals surface area contributed by atoms with Crippen molar-refractivity contribution >= 4 is 28.3 Å². The van der Waals surface area contributed by atoms with Gasteiger partial charge in [-0.05, 0) is 64.6 Å². The van der Waals surface area contributed by atoms with Gasteiger partial charge in [-0.2, -0.15) is 5.26 Å². The van der Waals surface area contributed by atoms with Crippen molar-refractivity contribution in [3.63, 3.8) is 0 Å². The molecule has 0 radical (unpaired) electrons. The van der Waals surface area contributed by atoms with Crippen LogP contribution in [0.4, 0.5) is 5.69 Å². The molecule has 2 aromatic carbocycles. The maximum atomic E-state index is 8.70. The molecule has 2 aromatic rings. The molecule has 3 heteroatoms. The van der Waals surface area contributed by atoms with Crippen molar-refractivity contribution in [2.24, 2.45) is 0 Å². The molecule has 0 aliphatic heterocycles. The Kier molecular flexibility index (Phi) is 3.99. The number of nitrogens with one attached hydrogen (secondary N) is 1. The fraction of sp³-hybridized carbons (Fsp3) is 0.0714. The average Bonchev–Trinajstić information content (AvgIpc) is 2.37. The van der Waals surface area contributed by atoms with Gasteiger partial charge in [0.2, 0.25) is 0 Å². The smallest absolute Gasteiger partial charge is 0.0991 e. The molecule has 0 spiro atoms. The number of nitrogens with zero attached hydrogens (tertiary/aromatic N) is 1. The quantitative estimate of drug-likeness (QED) is 0.868. The van der Waals surface area contributed by atoms with Gasteiger partial charge in [0.1, 0.15) is 0 Å². The molecule has 0 saturated carbocycles. The SMILES string of the molecule is N#Cc1ccc(NCc2cccc(I)c2)cc1. The summed E-state index contributed by atoms with van der Waals surface area (Å²) in [6.07, 6.45) is 0. The third kappa shape index (κ3) is 3.46. The molecule has 0 amide bonds. The Morgan fingerprint density at radius 2 is 1.88 bits per heavy atom. The van der Waals surface area contributed by atoms with Crippen LogP contribution in [0.1, 0.15) is 11.1 Å². The fourth-order valence-electron chi connectivity index (χ4n) is 1.51. The van der Waals surface area contributed by atoms with E-state index in [2.05, 4.69) is 58.2 Å². The van der Waals surface area contributed by atoms with Gasteiger partial charge in [0, 0.05) is 15.8 Å². The predicted octanol–water partition coefficient (Wildman–Crippen LogP) is 3.77. The number of benzene rings is 2. The Morgan fingerprint density at radius 3 is 2.53 bits per heavy atom. The van der Waals surface area contributed by atoms with E-state index < -0.39 is 0 Å². The highest BCUT2D eigenvalue weighted by Gasteiger charge is 1.95. The zero-order valence-electron chi connectivity index (χ0n) is 9.15. The first-order chi connectivity index (χ1) is 8.28. The average molecular weight is 334 g/mol. The van der Waals surface area contributed by atoms with Crippen LogP contribution in [0.2, 0.25) is 0 Å². The lowest BCUT2D eigenvalue weighted by Crippen LogP contribution is -1.99. The van der Waals surface area contributed by atoms with E-state index in [1.165, 1.54) is 9.13 Å². The summed E-state index contributed by atoms with van der Waals surface area (Å²) < 4.78 is 1.24. The molecule has 17 heavy (non-hydrogen) atoms. The van der Waals surface area contributed by atoms with E-state index in [1.54, 1.807) is 0 Å². The fourth-order valence-corrected chi connectivity index (χ4v) is 2.12. The monoisotopic (exact) mass is 334 g/mol. The van der Waals surface area contributed by atoms with Crippen LogP contribution < -0.4 is 5.32 Å². The van der Waals surface area contributed by atoms with E-state index in [0.717, 1.165) is 12.2 Å². The summed E-state index contributed by atoms with van der Waals surface area (Å²) in [5, 5.41) is 12.0. The number of hydrogen-bond donors (Lipinski definition) is 1. The molecule has 0 heterocycles. The lowest BCUT2D eigenvalue weighted by Gasteiger charge is -2.06. The van der Waals surface area contributed by atoms with E-state index in [-0.39, 0.29) is 0 Å². The first kappa shape index (κ1) is 11.9. The zero-order chi connectivity index (χ0) is 12.1. The molecule has 1 N–H and O–H groups in total. The standard InChI is InChI=1S/C14H11IN2/c15-13-3-1-2-12(8-13)10-17-14-6-4-11(9-16)5-7-14/h1-8,17H,10H2. The third-order valence-corrected chi connectivity index (χ3v) is 3.07. The molecule has 0 aliphatic rings. The molecule has 2 nitrogen and oxygen atoms in total. The van der Waals surface area contributed by atoms with Crippen molar-refractivity contribution in [3.05, 3.63) is 63.2 Å². The number of halogens is 1. The zero-order valence-corrected chi connectivity index (χ0v) is 11.3. The van der Waals surface area contributed by atoms with Gasteiger partial charge < -0.3 is 5.32 Å². The van der Waals surface area contributed by atoms with E-state index in [9.17, 15) is 0 Å².